The smallest absolute Gasteiger partial charge is 0.311 e. The van der Waals surface area contributed by atoms with Crippen molar-refractivity contribution in [3.05, 3.63) is 75.8 Å². The van der Waals surface area contributed by atoms with Gasteiger partial charge in [0.1, 0.15) is 0 Å². The van der Waals surface area contributed by atoms with Gasteiger partial charge in [0.05, 0.1) is 10.6 Å². The van der Waals surface area contributed by atoms with Gasteiger partial charge in [-0.3, -0.25) is 25.8 Å². The first kappa shape index (κ1) is 24.9. The van der Waals surface area contributed by atoms with Crippen molar-refractivity contribution >= 4 is 17.3 Å². The number of nitrogens with zero attached hydrogens (tertiary/aromatic N) is 1. The fraction of sp³-hybridized carbons (Fsp3) is 0.400. The molecule has 2 aromatic carbocycles. The van der Waals surface area contributed by atoms with E-state index >= 15 is 0 Å². The number of rotatable bonds is 9. The van der Waals surface area contributed by atoms with Crippen LogP contribution in [0.25, 0.3) is 5.70 Å². The van der Waals surface area contributed by atoms with E-state index in [1.807, 2.05) is 49.4 Å². The highest BCUT2D eigenvalue weighted by Gasteiger charge is 2.29. The second-order valence-corrected chi connectivity index (χ2v) is 9.59. The molecule has 7 nitrogen and oxygen atoms in total. The summed E-state index contributed by atoms with van der Waals surface area (Å²) >= 11 is 0. The number of carbonyl (C=O) groups excluding carboxylic acids is 1. The quantitative estimate of drug-likeness (QED) is 0.405. The molecular formula is C25H33N3O4. The Balaban J connectivity index is 2.06. The van der Waals surface area contributed by atoms with E-state index in [0.29, 0.717) is 0 Å². The van der Waals surface area contributed by atoms with Crippen molar-refractivity contribution < 1.29 is 14.5 Å². The van der Waals surface area contributed by atoms with Gasteiger partial charge in [-0.05, 0) is 41.4 Å². The first-order valence-corrected chi connectivity index (χ1v) is 10.6. The van der Waals surface area contributed by atoms with E-state index in [2.05, 4.69) is 45.5 Å². The number of carbonyl (C=O) groups is 1. The van der Waals surface area contributed by atoms with Crippen molar-refractivity contribution in [2.24, 2.45) is 5.41 Å². The van der Waals surface area contributed by atoms with Gasteiger partial charge in [0.25, 0.3) is 5.91 Å². The molecule has 2 rings (SSSR count). The molecule has 172 valence electrons. The molecule has 2 N–H and O–H groups in total. The van der Waals surface area contributed by atoms with E-state index in [9.17, 15) is 14.9 Å². The zero-order valence-electron chi connectivity index (χ0n) is 19.7. The first-order chi connectivity index (χ1) is 14.9. The summed E-state index contributed by atoms with van der Waals surface area (Å²) in [7, 11) is 0. The number of amides is 1. The monoisotopic (exact) mass is 439 g/mol. The maximum atomic E-state index is 12.2. The SMILES string of the molecule is C/C=C(\NNC(=O)COc1ccc(C(C)(C)CC(C)(C)C)cc1[N+](=O)[O-])c1ccccc1. The van der Waals surface area contributed by atoms with Crippen molar-refractivity contribution in [1.82, 2.24) is 10.9 Å². The Morgan fingerprint density at radius 1 is 1.06 bits per heavy atom. The third-order valence-electron chi connectivity index (χ3n) is 4.98. The number of nitro benzene ring substituents is 1. The van der Waals surface area contributed by atoms with Crippen LogP contribution in [0.4, 0.5) is 5.69 Å². The van der Waals surface area contributed by atoms with Gasteiger partial charge in [0.15, 0.2) is 12.4 Å². The molecule has 0 saturated carbocycles. The van der Waals surface area contributed by atoms with Crippen LogP contribution in [0.15, 0.2) is 54.6 Å². The number of hydrogen-bond donors (Lipinski definition) is 2. The standard InChI is InChI=1S/C25H33N3O4/c1-7-20(18-11-9-8-10-12-18)26-27-23(29)16-32-22-14-13-19(15-21(22)28(30)31)25(5,6)17-24(2,3)4/h7-15,26H,16-17H2,1-6H3,(H,27,29)/b20-7-. The highest BCUT2D eigenvalue weighted by atomic mass is 16.6. The molecule has 2 aromatic rings. The molecule has 0 bridgehead atoms. The summed E-state index contributed by atoms with van der Waals surface area (Å²) < 4.78 is 5.49. The summed E-state index contributed by atoms with van der Waals surface area (Å²) in [6.07, 6.45) is 2.69. The molecule has 0 saturated heterocycles. The minimum atomic E-state index is -0.477. The number of benzene rings is 2. The molecule has 0 aliphatic rings. The van der Waals surface area contributed by atoms with Crippen LogP contribution in [0.3, 0.4) is 0 Å². The third-order valence-corrected chi connectivity index (χ3v) is 4.98. The Kier molecular flexibility index (Phi) is 8.02. The van der Waals surface area contributed by atoms with Crippen LogP contribution >= 0.6 is 0 Å². The van der Waals surface area contributed by atoms with Crippen molar-refractivity contribution in [3.63, 3.8) is 0 Å². The van der Waals surface area contributed by atoms with Crippen molar-refractivity contribution in [3.8, 4) is 5.75 Å². The molecule has 0 aliphatic carbocycles. The van der Waals surface area contributed by atoms with Gasteiger partial charge >= 0.3 is 5.69 Å². The summed E-state index contributed by atoms with van der Waals surface area (Å²) in [6.45, 7) is 12.1. The average Bonchev–Trinajstić information content (AvgIpc) is 2.71. The zero-order valence-corrected chi connectivity index (χ0v) is 19.7. The molecule has 0 unspecified atom stereocenters. The Labute approximate surface area is 190 Å². The van der Waals surface area contributed by atoms with E-state index in [1.54, 1.807) is 12.1 Å². The molecule has 0 radical (unpaired) electrons. The predicted molar refractivity (Wildman–Crippen MR) is 127 cm³/mol. The lowest BCUT2D eigenvalue weighted by molar-refractivity contribution is -0.385. The number of hydrazine groups is 1. The molecule has 0 heterocycles. The van der Waals surface area contributed by atoms with Crippen LogP contribution < -0.4 is 15.6 Å². The Morgan fingerprint density at radius 3 is 2.28 bits per heavy atom. The lowest BCUT2D eigenvalue weighted by Gasteiger charge is -2.33. The molecule has 0 aromatic heterocycles. The van der Waals surface area contributed by atoms with Crippen LogP contribution in [0, 0.1) is 15.5 Å². The van der Waals surface area contributed by atoms with Crippen LogP contribution in [0.5, 0.6) is 5.75 Å². The van der Waals surface area contributed by atoms with Gasteiger partial charge in [0.2, 0.25) is 0 Å². The predicted octanol–water partition coefficient (Wildman–Crippen LogP) is 5.37. The van der Waals surface area contributed by atoms with Gasteiger partial charge in [-0.2, -0.15) is 0 Å². The van der Waals surface area contributed by atoms with E-state index in [4.69, 9.17) is 4.74 Å². The molecule has 0 atom stereocenters. The molecule has 32 heavy (non-hydrogen) atoms. The molecular weight excluding hydrogens is 406 g/mol. The number of hydrogen-bond acceptors (Lipinski definition) is 5. The van der Waals surface area contributed by atoms with Gasteiger partial charge in [0, 0.05) is 6.07 Å². The highest BCUT2D eigenvalue weighted by Crippen LogP contribution is 2.39. The fourth-order valence-electron chi connectivity index (χ4n) is 3.88. The number of nitro groups is 1. The van der Waals surface area contributed by atoms with Crippen LogP contribution in [-0.2, 0) is 10.2 Å². The fourth-order valence-corrected chi connectivity index (χ4v) is 3.88. The average molecular weight is 440 g/mol. The van der Waals surface area contributed by atoms with E-state index < -0.39 is 10.8 Å². The second kappa shape index (κ2) is 10.3. The summed E-state index contributed by atoms with van der Waals surface area (Å²) in [6, 6.07) is 14.5. The summed E-state index contributed by atoms with van der Waals surface area (Å²) in [5, 5.41) is 11.6. The molecule has 0 aliphatic heterocycles. The van der Waals surface area contributed by atoms with E-state index in [0.717, 1.165) is 23.2 Å². The van der Waals surface area contributed by atoms with Crippen molar-refractivity contribution in [1.29, 1.82) is 0 Å². The summed E-state index contributed by atoms with van der Waals surface area (Å²) in [4.78, 5) is 23.4. The first-order valence-electron chi connectivity index (χ1n) is 10.6. The summed E-state index contributed by atoms with van der Waals surface area (Å²) in [5.74, 6) is -0.388. The number of allylic oxidation sites excluding steroid dienone is 1. The number of nitrogens with one attached hydrogen (secondary N) is 2. The lowest BCUT2D eigenvalue weighted by atomic mass is 9.72. The summed E-state index contributed by atoms with van der Waals surface area (Å²) in [5.41, 5.74) is 7.60. The molecule has 0 spiro atoms. The van der Waals surface area contributed by atoms with Gasteiger partial charge in [-0.25, -0.2) is 0 Å². The normalized spacial score (nSPS) is 12.2. The topological polar surface area (TPSA) is 93.5 Å². The number of ether oxygens (including phenoxy) is 1. The maximum absolute atomic E-state index is 12.2. The lowest BCUT2D eigenvalue weighted by Crippen LogP contribution is -2.39. The second-order valence-electron chi connectivity index (χ2n) is 9.59. The van der Waals surface area contributed by atoms with Gasteiger partial charge in [-0.15, -0.1) is 0 Å². The van der Waals surface area contributed by atoms with E-state index in [-0.39, 0.29) is 28.9 Å². The minimum Gasteiger partial charge on any atom is -0.477 e. The van der Waals surface area contributed by atoms with Crippen molar-refractivity contribution in [2.75, 3.05) is 6.61 Å². The molecule has 0 fully saturated rings. The Hall–Kier alpha value is -3.35. The van der Waals surface area contributed by atoms with Crippen molar-refractivity contribution in [2.45, 2.75) is 53.4 Å². The maximum Gasteiger partial charge on any atom is 0.311 e. The van der Waals surface area contributed by atoms with Crippen LogP contribution in [-0.4, -0.2) is 17.4 Å². The highest BCUT2D eigenvalue weighted by molar-refractivity contribution is 5.79. The minimum absolute atomic E-state index is 0.0646. The van der Waals surface area contributed by atoms with Crippen LogP contribution in [0.2, 0.25) is 0 Å². The zero-order chi connectivity index (χ0) is 23.9. The van der Waals surface area contributed by atoms with Gasteiger partial charge in [-0.1, -0.05) is 77.1 Å². The Morgan fingerprint density at radius 2 is 1.72 bits per heavy atom. The molecule has 7 heteroatoms. The third kappa shape index (κ3) is 7.11. The van der Waals surface area contributed by atoms with Gasteiger partial charge < -0.3 is 4.74 Å². The molecule has 1 amide bonds. The van der Waals surface area contributed by atoms with E-state index in [1.165, 1.54) is 0 Å². The van der Waals surface area contributed by atoms with Crippen LogP contribution in [0.1, 0.15) is 59.1 Å². The Bertz CT molecular complexity index is 976. The largest absolute Gasteiger partial charge is 0.477 e.